The molecular weight excluding hydrogens is 388 g/mol. The van der Waals surface area contributed by atoms with Crippen molar-refractivity contribution in [2.45, 2.75) is 20.3 Å². The molecule has 0 aliphatic heterocycles. The van der Waals surface area contributed by atoms with Gasteiger partial charge in [0.15, 0.2) is 6.61 Å². The third-order valence-electron chi connectivity index (χ3n) is 3.96. The van der Waals surface area contributed by atoms with Crippen LogP contribution in [0.25, 0.3) is 10.6 Å². The van der Waals surface area contributed by atoms with Crippen molar-refractivity contribution in [3.05, 3.63) is 65.2 Å². The number of carbonyl (C=O) groups is 2. The first kappa shape index (κ1) is 20.5. The Balaban J connectivity index is 1.46. The highest BCUT2D eigenvalue weighted by Gasteiger charge is 2.12. The average molecular weight is 410 g/mol. The van der Waals surface area contributed by atoms with Crippen molar-refractivity contribution in [3.63, 3.8) is 0 Å². The van der Waals surface area contributed by atoms with Crippen LogP contribution in [-0.2, 0) is 20.7 Å². The molecular formula is C22H22N2O4S. The van der Waals surface area contributed by atoms with E-state index in [-0.39, 0.29) is 13.0 Å². The van der Waals surface area contributed by atoms with E-state index in [1.807, 2.05) is 43.5 Å². The van der Waals surface area contributed by atoms with E-state index in [1.165, 1.54) is 11.3 Å². The lowest BCUT2D eigenvalue weighted by molar-refractivity contribution is -0.146. The van der Waals surface area contributed by atoms with Crippen LogP contribution in [-0.4, -0.2) is 30.1 Å². The molecule has 1 N–H and O–H groups in total. The van der Waals surface area contributed by atoms with Crippen LogP contribution in [0.1, 0.15) is 18.2 Å². The van der Waals surface area contributed by atoms with Crippen molar-refractivity contribution < 1.29 is 19.1 Å². The Morgan fingerprint density at radius 1 is 1.14 bits per heavy atom. The summed E-state index contributed by atoms with van der Waals surface area (Å²) in [7, 11) is 0. The monoisotopic (exact) mass is 410 g/mol. The number of carbonyl (C=O) groups excluding carboxylic acids is 2. The van der Waals surface area contributed by atoms with Gasteiger partial charge in [-0.1, -0.05) is 23.8 Å². The molecule has 0 fully saturated rings. The van der Waals surface area contributed by atoms with Gasteiger partial charge in [0.2, 0.25) is 0 Å². The van der Waals surface area contributed by atoms with Crippen molar-refractivity contribution >= 4 is 28.9 Å². The molecule has 0 atom stereocenters. The number of thiazole rings is 1. The summed E-state index contributed by atoms with van der Waals surface area (Å²) in [4.78, 5) is 28.5. The molecule has 7 heteroatoms. The smallest absolute Gasteiger partial charge is 0.312 e. The molecule has 0 spiro atoms. The SMILES string of the molecule is CCOc1ccc(NC(=O)COC(=O)Cc2csc(-c3cccc(C)c3)n2)cc1. The minimum Gasteiger partial charge on any atom is -0.494 e. The summed E-state index contributed by atoms with van der Waals surface area (Å²) in [5.41, 5.74) is 3.40. The average Bonchev–Trinajstić information content (AvgIpc) is 3.17. The van der Waals surface area contributed by atoms with Crippen molar-refractivity contribution in [2.24, 2.45) is 0 Å². The number of rotatable bonds is 8. The van der Waals surface area contributed by atoms with Crippen molar-refractivity contribution in [1.29, 1.82) is 0 Å². The summed E-state index contributed by atoms with van der Waals surface area (Å²) < 4.78 is 10.4. The minimum absolute atomic E-state index is 0.0264. The first-order valence-electron chi connectivity index (χ1n) is 9.23. The lowest BCUT2D eigenvalue weighted by Gasteiger charge is -2.07. The lowest BCUT2D eigenvalue weighted by Crippen LogP contribution is -2.21. The first-order chi connectivity index (χ1) is 14.0. The zero-order valence-electron chi connectivity index (χ0n) is 16.3. The number of anilines is 1. The van der Waals surface area contributed by atoms with Crippen LogP contribution in [0.5, 0.6) is 5.75 Å². The first-order valence-corrected chi connectivity index (χ1v) is 10.1. The second-order valence-corrected chi connectivity index (χ2v) is 7.21. The third-order valence-corrected chi connectivity index (χ3v) is 4.90. The number of ether oxygens (including phenoxy) is 2. The van der Waals surface area contributed by atoms with Gasteiger partial charge in [-0.15, -0.1) is 11.3 Å². The van der Waals surface area contributed by atoms with E-state index >= 15 is 0 Å². The summed E-state index contributed by atoms with van der Waals surface area (Å²) in [6.45, 7) is 4.15. The molecule has 1 heterocycles. The number of amides is 1. The van der Waals surface area contributed by atoms with Gasteiger partial charge in [-0.25, -0.2) is 4.98 Å². The highest BCUT2D eigenvalue weighted by molar-refractivity contribution is 7.13. The van der Waals surface area contributed by atoms with Crippen LogP contribution < -0.4 is 10.1 Å². The van der Waals surface area contributed by atoms with Gasteiger partial charge < -0.3 is 14.8 Å². The maximum absolute atomic E-state index is 12.0. The standard InChI is InChI=1S/C22H22N2O4S/c1-3-27-19-9-7-17(8-10-19)23-20(25)13-28-21(26)12-18-14-29-22(24-18)16-6-4-5-15(2)11-16/h4-11,14H,3,12-13H2,1-2H3,(H,23,25). The Morgan fingerprint density at radius 3 is 2.66 bits per heavy atom. The van der Waals surface area contributed by atoms with Crippen molar-refractivity contribution in [2.75, 3.05) is 18.5 Å². The van der Waals surface area contributed by atoms with Crippen LogP contribution in [0.3, 0.4) is 0 Å². The number of esters is 1. The van der Waals surface area contributed by atoms with Crippen LogP contribution >= 0.6 is 11.3 Å². The molecule has 2 aromatic carbocycles. The predicted molar refractivity (Wildman–Crippen MR) is 113 cm³/mol. The Bertz CT molecular complexity index is 982. The fourth-order valence-corrected chi connectivity index (χ4v) is 3.46. The zero-order chi connectivity index (χ0) is 20.6. The molecule has 0 bridgehead atoms. The molecule has 1 aromatic heterocycles. The molecule has 0 unspecified atom stereocenters. The van der Waals surface area contributed by atoms with Gasteiger partial charge in [0, 0.05) is 16.6 Å². The number of aryl methyl sites for hydroxylation is 1. The van der Waals surface area contributed by atoms with Crippen molar-refractivity contribution in [1.82, 2.24) is 4.98 Å². The lowest BCUT2D eigenvalue weighted by atomic mass is 10.1. The Hall–Kier alpha value is -3.19. The Kier molecular flexibility index (Phi) is 6.97. The van der Waals surface area contributed by atoms with E-state index in [4.69, 9.17) is 9.47 Å². The van der Waals surface area contributed by atoms with Crippen LogP contribution in [0.4, 0.5) is 5.69 Å². The maximum atomic E-state index is 12.0. The number of nitrogens with one attached hydrogen (secondary N) is 1. The molecule has 0 aliphatic carbocycles. The van der Waals surface area contributed by atoms with E-state index in [0.717, 1.165) is 21.9 Å². The molecule has 0 radical (unpaired) electrons. The van der Waals surface area contributed by atoms with Gasteiger partial charge in [-0.05, 0) is 44.2 Å². The quantitative estimate of drug-likeness (QED) is 0.562. The van der Waals surface area contributed by atoms with E-state index in [9.17, 15) is 9.59 Å². The number of nitrogens with zero attached hydrogens (tertiary/aromatic N) is 1. The molecule has 29 heavy (non-hydrogen) atoms. The Labute approximate surface area is 173 Å². The zero-order valence-corrected chi connectivity index (χ0v) is 17.1. The van der Waals surface area contributed by atoms with E-state index < -0.39 is 11.9 Å². The van der Waals surface area contributed by atoms with Gasteiger partial charge in [-0.2, -0.15) is 0 Å². The highest BCUT2D eigenvalue weighted by Crippen LogP contribution is 2.24. The predicted octanol–water partition coefficient (Wildman–Crippen LogP) is 4.24. The molecule has 3 rings (SSSR count). The third kappa shape index (κ3) is 6.15. The summed E-state index contributed by atoms with van der Waals surface area (Å²) in [6, 6.07) is 15.0. The number of aromatic nitrogens is 1. The van der Waals surface area contributed by atoms with Gasteiger partial charge in [0.05, 0.1) is 18.7 Å². The fraction of sp³-hybridized carbons (Fsp3) is 0.227. The number of hydrogen-bond acceptors (Lipinski definition) is 6. The van der Waals surface area contributed by atoms with Crippen LogP contribution in [0, 0.1) is 6.92 Å². The second kappa shape index (κ2) is 9.84. The summed E-state index contributed by atoms with van der Waals surface area (Å²) in [6.07, 6.45) is 0.0264. The molecule has 150 valence electrons. The summed E-state index contributed by atoms with van der Waals surface area (Å²) >= 11 is 1.48. The topological polar surface area (TPSA) is 77.5 Å². The molecule has 1 amide bonds. The number of hydrogen-bond donors (Lipinski definition) is 1. The van der Waals surface area contributed by atoms with Gasteiger partial charge >= 0.3 is 5.97 Å². The second-order valence-electron chi connectivity index (χ2n) is 6.36. The van der Waals surface area contributed by atoms with E-state index in [1.54, 1.807) is 24.3 Å². The molecule has 0 saturated carbocycles. The van der Waals surface area contributed by atoms with Gasteiger partial charge in [0.25, 0.3) is 5.91 Å². The minimum atomic E-state index is -0.493. The molecule has 0 saturated heterocycles. The van der Waals surface area contributed by atoms with Crippen LogP contribution in [0.2, 0.25) is 0 Å². The maximum Gasteiger partial charge on any atom is 0.312 e. The van der Waals surface area contributed by atoms with Crippen molar-refractivity contribution in [3.8, 4) is 16.3 Å². The molecule has 6 nitrogen and oxygen atoms in total. The normalized spacial score (nSPS) is 10.4. The Morgan fingerprint density at radius 2 is 1.93 bits per heavy atom. The van der Waals surface area contributed by atoms with Crippen LogP contribution in [0.15, 0.2) is 53.9 Å². The number of benzene rings is 2. The molecule has 3 aromatic rings. The van der Waals surface area contributed by atoms with Gasteiger partial charge in [-0.3, -0.25) is 9.59 Å². The largest absolute Gasteiger partial charge is 0.494 e. The summed E-state index contributed by atoms with van der Waals surface area (Å²) in [5, 5.41) is 5.36. The van der Waals surface area contributed by atoms with Gasteiger partial charge in [0.1, 0.15) is 10.8 Å². The molecule has 0 aliphatic rings. The highest BCUT2D eigenvalue weighted by atomic mass is 32.1. The summed E-state index contributed by atoms with van der Waals surface area (Å²) in [5.74, 6) is -0.167. The fourth-order valence-electron chi connectivity index (χ4n) is 2.64. The van der Waals surface area contributed by atoms with E-state index in [2.05, 4.69) is 10.3 Å². The van der Waals surface area contributed by atoms with E-state index in [0.29, 0.717) is 18.0 Å².